The number of hydrogen-bond donors (Lipinski definition) is 0. The van der Waals surface area contributed by atoms with Crippen molar-refractivity contribution < 1.29 is 4.74 Å². The number of ether oxygens (including phenoxy) is 1. The molecule has 0 amide bonds. The Morgan fingerprint density at radius 3 is 2.93 bits per heavy atom. The predicted octanol–water partition coefficient (Wildman–Crippen LogP) is 2.21. The minimum absolute atomic E-state index is 0.476. The number of hydrogen-bond acceptors (Lipinski definition) is 3. The molecule has 3 heteroatoms. The van der Waals surface area contributed by atoms with Crippen LogP contribution < -0.4 is 0 Å². The zero-order valence-electron chi connectivity index (χ0n) is 7.95. The zero-order valence-corrected chi connectivity index (χ0v) is 7.95. The Labute approximate surface area is 83.0 Å². The fourth-order valence-electron chi connectivity index (χ4n) is 1.03. The van der Waals surface area contributed by atoms with Crippen molar-refractivity contribution in [2.75, 3.05) is 7.11 Å². The molecule has 1 aromatic rings. The predicted molar refractivity (Wildman–Crippen MR) is 55.1 cm³/mol. The van der Waals surface area contributed by atoms with Gasteiger partial charge in [0.1, 0.15) is 11.8 Å². The van der Waals surface area contributed by atoms with Crippen molar-refractivity contribution >= 4 is 11.8 Å². The summed E-state index contributed by atoms with van der Waals surface area (Å²) in [6, 6.07) is 3.68. The highest BCUT2D eigenvalue weighted by atomic mass is 16.5. The molecule has 0 saturated carbocycles. The summed E-state index contributed by atoms with van der Waals surface area (Å²) in [5.41, 5.74) is 1.83. The molecule has 0 unspecified atom stereocenters. The van der Waals surface area contributed by atoms with Crippen LogP contribution in [0.5, 0.6) is 0 Å². The number of rotatable bonds is 3. The van der Waals surface area contributed by atoms with E-state index in [1.165, 1.54) is 13.3 Å². The van der Waals surface area contributed by atoms with Gasteiger partial charge in [0.2, 0.25) is 0 Å². The molecule has 0 aliphatic carbocycles. The fraction of sp³-hybridized carbons (Fsp3) is 0.0909. The second kappa shape index (κ2) is 4.24. The van der Waals surface area contributed by atoms with Crippen molar-refractivity contribution in [3.63, 3.8) is 0 Å². The maximum absolute atomic E-state index is 8.69. The van der Waals surface area contributed by atoms with Gasteiger partial charge in [-0.05, 0) is 12.1 Å². The van der Waals surface area contributed by atoms with E-state index in [0.717, 1.165) is 0 Å². The summed E-state index contributed by atoms with van der Waals surface area (Å²) < 4.78 is 4.99. The molecule has 1 heterocycles. The highest BCUT2D eigenvalue weighted by Gasteiger charge is 2.06. The van der Waals surface area contributed by atoms with Gasteiger partial charge in [0.05, 0.1) is 18.4 Å². The van der Waals surface area contributed by atoms with E-state index in [0.29, 0.717) is 22.6 Å². The third kappa shape index (κ3) is 1.80. The zero-order chi connectivity index (χ0) is 10.6. The van der Waals surface area contributed by atoms with Gasteiger partial charge in [0.15, 0.2) is 0 Å². The minimum Gasteiger partial charge on any atom is -0.497 e. The Morgan fingerprint density at radius 1 is 1.71 bits per heavy atom. The van der Waals surface area contributed by atoms with E-state index >= 15 is 0 Å². The van der Waals surface area contributed by atoms with Gasteiger partial charge in [-0.25, -0.2) is 0 Å². The molecule has 1 aromatic heterocycles. The lowest BCUT2D eigenvalue weighted by atomic mass is 10.1. The van der Waals surface area contributed by atoms with Crippen LogP contribution in [0.2, 0.25) is 0 Å². The van der Waals surface area contributed by atoms with E-state index in [-0.39, 0.29) is 0 Å². The number of nitrogens with zero attached hydrogens (tertiary/aromatic N) is 2. The standard InChI is InChI=1S/C11H10N2O/c1-4-11-10(8(2)14-3)5-9(6-12)7-13-11/h4-5,7H,1-2H2,3H3. The molecule has 0 radical (unpaired) electrons. The van der Waals surface area contributed by atoms with Crippen molar-refractivity contribution in [2.24, 2.45) is 0 Å². The van der Waals surface area contributed by atoms with Gasteiger partial charge >= 0.3 is 0 Å². The molecule has 0 N–H and O–H groups in total. The highest BCUT2D eigenvalue weighted by molar-refractivity contribution is 5.67. The summed E-state index contributed by atoms with van der Waals surface area (Å²) in [4.78, 5) is 4.06. The summed E-state index contributed by atoms with van der Waals surface area (Å²) in [7, 11) is 1.52. The summed E-state index contributed by atoms with van der Waals surface area (Å²) in [5, 5.41) is 8.69. The van der Waals surface area contributed by atoms with E-state index < -0.39 is 0 Å². The maximum Gasteiger partial charge on any atom is 0.121 e. The average Bonchev–Trinajstić information content (AvgIpc) is 2.27. The molecule has 0 bridgehead atoms. The van der Waals surface area contributed by atoms with Crippen molar-refractivity contribution in [2.45, 2.75) is 0 Å². The smallest absolute Gasteiger partial charge is 0.121 e. The van der Waals surface area contributed by atoms with Crippen molar-refractivity contribution in [1.29, 1.82) is 5.26 Å². The quantitative estimate of drug-likeness (QED) is 0.680. The molecule has 70 valence electrons. The van der Waals surface area contributed by atoms with Crippen LogP contribution in [0, 0.1) is 11.3 Å². The molecule has 0 aliphatic heterocycles. The van der Waals surface area contributed by atoms with Gasteiger partial charge in [-0.2, -0.15) is 5.26 Å². The average molecular weight is 186 g/mol. The second-order valence-electron chi connectivity index (χ2n) is 2.60. The minimum atomic E-state index is 0.476. The van der Waals surface area contributed by atoms with Crippen LogP contribution in [0.4, 0.5) is 0 Å². The van der Waals surface area contributed by atoms with E-state index in [1.807, 2.05) is 6.07 Å². The molecule has 0 aromatic carbocycles. The Balaban J connectivity index is 3.30. The van der Waals surface area contributed by atoms with E-state index in [9.17, 15) is 0 Å². The van der Waals surface area contributed by atoms with E-state index in [1.54, 1.807) is 12.1 Å². The first-order valence-electron chi connectivity index (χ1n) is 3.98. The van der Waals surface area contributed by atoms with Crippen molar-refractivity contribution in [1.82, 2.24) is 4.98 Å². The molecular weight excluding hydrogens is 176 g/mol. The van der Waals surface area contributed by atoms with Crippen molar-refractivity contribution in [3.05, 3.63) is 42.2 Å². The Morgan fingerprint density at radius 2 is 2.43 bits per heavy atom. The first-order chi connectivity index (χ1) is 6.72. The molecule has 3 nitrogen and oxygen atoms in total. The Kier molecular flexibility index (Phi) is 3.03. The first kappa shape index (κ1) is 10.0. The molecule has 14 heavy (non-hydrogen) atoms. The highest BCUT2D eigenvalue weighted by Crippen LogP contribution is 2.18. The number of pyridine rings is 1. The molecular formula is C11H10N2O. The monoisotopic (exact) mass is 186 g/mol. The SMILES string of the molecule is C=Cc1ncc(C#N)cc1C(=C)OC. The van der Waals surface area contributed by atoms with Crippen LogP contribution in [0.25, 0.3) is 11.8 Å². The Hall–Kier alpha value is -2.08. The van der Waals surface area contributed by atoms with Crippen LogP contribution in [0.1, 0.15) is 16.8 Å². The molecule has 0 saturated heterocycles. The van der Waals surface area contributed by atoms with Crippen LogP contribution in [-0.2, 0) is 4.74 Å². The normalized spacial score (nSPS) is 8.86. The van der Waals surface area contributed by atoms with Gasteiger partial charge in [0, 0.05) is 11.8 Å². The van der Waals surface area contributed by atoms with Crippen molar-refractivity contribution in [3.8, 4) is 6.07 Å². The summed E-state index contributed by atoms with van der Waals surface area (Å²) in [6.07, 6.45) is 3.09. The molecule has 0 spiro atoms. The summed E-state index contributed by atoms with van der Waals surface area (Å²) >= 11 is 0. The van der Waals surface area contributed by atoms with Crippen LogP contribution in [0.3, 0.4) is 0 Å². The number of aromatic nitrogens is 1. The third-order valence-electron chi connectivity index (χ3n) is 1.79. The van der Waals surface area contributed by atoms with Gasteiger partial charge in [-0.15, -0.1) is 0 Å². The second-order valence-corrected chi connectivity index (χ2v) is 2.60. The van der Waals surface area contributed by atoms with Gasteiger partial charge < -0.3 is 4.74 Å². The summed E-state index contributed by atoms with van der Waals surface area (Å²) in [6.45, 7) is 7.33. The Bertz CT molecular complexity index is 416. The molecule has 1 rings (SSSR count). The topological polar surface area (TPSA) is 45.9 Å². The van der Waals surface area contributed by atoms with Gasteiger partial charge in [0.25, 0.3) is 0 Å². The molecule has 0 fully saturated rings. The largest absolute Gasteiger partial charge is 0.497 e. The van der Waals surface area contributed by atoms with E-state index in [2.05, 4.69) is 18.1 Å². The lowest BCUT2D eigenvalue weighted by molar-refractivity contribution is 0.371. The lowest BCUT2D eigenvalue weighted by Crippen LogP contribution is -1.94. The number of nitriles is 1. The lowest BCUT2D eigenvalue weighted by Gasteiger charge is -2.07. The third-order valence-corrected chi connectivity index (χ3v) is 1.79. The molecule has 0 atom stereocenters. The number of methoxy groups -OCH3 is 1. The maximum atomic E-state index is 8.69. The van der Waals surface area contributed by atoms with Crippen LogP contribution in [0.15, 0.2) is 25.4 Å². The van der Waals surface area contributed by atoms with Crippen LogP contribution in [-0.4, -0.2) is 12.1 Å². The summed E-state index contributed by atoms with van der Waals surface area (Å²) in [5.74, 6) is 0.476. The van der Waals surface area contributed by atoms with E-state index in [4.69, 9.17) is 10.00 Å². The van der Waals surface area contributed by atoms with Crippen LogP contribution >= 0.6 is 0 Å². The van der Waals surface area contributed by atoms with Gasteiger partial charge in [-0.1, -0.05) is 13.2 Å². The first-order valence-corrected chi connectivity index (χ1v) is 3.98. The fourth-order valence-corrected chi connectivity index (χ4v) is 1.03. The molecule has 0 aliphatic rings. The van der Waals surface area contributed by atoms with Gasteiger partial charge in [-0.3, -0.25) is 4.98 Å².